The van der Waals surface area contributed by atoms with Gasteiger partial charge in [-0.05, 0) is 55.4 Å². The van der Waals surface area contributed by atoms with Crippen LogP contribution < -0.4 is 5.32 Å². The van der Waals surface area contributed by atoms with Gasteiger partial charge in [-0.1, -0.05) is 18.2 Å². The van der Waals surface area contributed by atoms with E-state index in [1.165, 1.54) is 11.8 Å². The quantitative estimate of drug-likeness (QED) is 0.872. The van der Waals surface area contributed by atoms with Gasteiger partial charge in [0, 0.05) is 18.4 Å². The minimum absolute atomic E-state index is 0.100. The van der Waals surface area contributed by atoms with Crippen LogP contribution in [-0.2, 0) is 4.79 Å². The van der Waals surface area contributed by atoms with Gasteiger partial charge in [-0.15, -0.1) is 0 Å². The molecule has 4 nitrogen and oxygen atoms in total. The number of aliphatic imine (C=N–C) groups is 1. The van der Waals surface area contributed by atoms with Gasteiger partial charge in [0.05, 0.1) is 10.6 Å². The molecule has 1 N–H and O–H groups in total. The summed E-state index contributed by atoms with van der Waals surface area (Å²) in [6.45, 7) is 4.25. The third kappa shape index (κ3) is 3.31. The van der Waals surface area contributed by atoms with Crippen molar-refractivity contribution in [3.8, 4) is 0 Å². The summed E-state index contributed by atoms with van der Waals surface area (Å²) in [6.07, 6.45) is 5.96. The van der Waals surface area contributed by atoms with Gasteiger partial charge in [-0.3, -0.25) is 4.79 Å². The summed E-state index contributed by atoms with van der Waals surface area (Å²) >= 11 is 1.37. The topological polar surface area (TPSA) is 46.4 Å². The average Bonchev–Trinajstić information content (AvgIpc) is 3.08. The lowest BCUT2D eigenvalue weighted by molar-refractivity contribution is -0.115. The van der Waals surface area contributed by atoms with E-state index in [2.05, 4.69) is 28.7 Å². The molecule has 1 saturated heterocycles. The standard InChI is InChI=1S/C17H17N3OS/c1-12(2)20-9-8-13(11-20)10-15-16(21)19-17(22-15)18-14-6-4-3-5-7-14/h3-12H,1-2H3,(H,18,19,21)/b15-10+. The summed E-state index contributed by atoms with van der Waals surface area (Å²) in [7, 11) is 0. The number of nitrogens with one attached hydrogen (secondary N) is 1. The minimum Gasteiger partial charge on any atom is -0.351 e. The number of carbonyl (C=O) groups is 1. The van der Waals surface area contributed by atoms with E-state index in [0.29, 0.717) is 16.1 Å². The number of rotatable bonds is 3. The van der Waals surface area contributed by atoms with Crippen LogP contribution in [0.3, 0.4) is 0 Å². The summed E-state index contributed by atoms with van der Waals surface area (Å²) in [5, 5.41) is 3.42. The second-order valence-electron chi connectivity index (χ2n) is 5.30. The Morgan fingerprint density at radius 1 is 1.23 bits per heavy atom. The molecule has 1 amide bonds. The van der Waals surface area contributed by atoms with Crippen molar-refractivity contribution in [2.24, 2.45) is 4.99 Å². The molecule has 5 heteroatoms. The van der Waals surface area contributed by atoms with Crippen LogP contribution in [0.1, 0.15) is 25.5 Å². The average molecular weight is 311 g/mol. The van der Waals surface area contributed by atoms with Crippen molar-refractivity contribution in [2.45, 2.75) is 19.9 Å². The van der Waals surface area contributed by atoms with Crippen LogP contribution >= 0.6 is 11.8 Å². The van der Waals surface area contributed by atoms with Gasteiger partial charge < -0.3 is 9.88 Å². The smallest absolute Gasteiger partial charge is 0.264 e. The summed E-state index contributed by atoms with van der Waals surface area (Å²) in [5.41, 5.74) is 1.85. The van der Waals surface area contributed by atoms with E-state index < -0.39 is 0 Å². The predicted molar refractivity (Wildman–Crippen MR) is 92.1 cm³/mol. The largest absolute Gasteiger partial charge is 0.351 e. The highest BCUT2D eigenvalue weighted by atomic mass is 32.2. The molecule has 2 heterocycles. The first-order chi connectivity index (χ1) is 10.6. The normalized spacial score (nSPS) is 18.4. The Bertz CT molecular complexity index is 744. The van der Waals surface area contributed by atoms with Crippen molar-refractivity contribution in [3.63, 3.8) is 0 Å². The van der Waals surface area contributed by atoms with Crippen molar-refractivity contribution in [1.82, 2.24) is 9.88 Å². The van der Waals surface area contributed by atoms with Gasteiger partial charge >= 0.3 is 0 Å². The van der Waals surface area contributed by atoms with Gasteiger partial charge in [0.15, 0.2) is 5.17 Å². The lowest BCUT2D eigenvalue weighted by atomic mass is 10.3. The Kier molecular flexibility index (Phi) is 4.15. The Balaban J connectivity index is 1.79. The van der Waals surface area contributed by atoms with E-state index >= 15 is 0 Å². The third-order valence-corrected chi connectivity index (χ3v) is 4.18. The first-order valence-electron chi connectivity index (χ1n) is 7.14. The second-order valence-corrected chi connectivity index (χ2v) is 6.33. The molecule has 112 valence electrons. The Labute approximate surface area is 133 Å². The molecule has 1 aliphatic rings. The van der Waals surface area contributed by atoms with Crippen LogP contribution in [0.2, 0.25) is 0 Å². The fourth-order valence-electron chi connectivity index (χ4n) is 2.09. The van der Waals surface area contributed by atoms with Crippen LogP contribution in [-0.4, -0.2) is 15.6 Å². The van der Waals surface area contributed by atoms with Crippen LogP contribution in [0.4, 0.5) is 5.69 Å². The van der Waals surface area contributed by atoms with Crippen LogP contribution in [0.15, 0.2) is 58.7 Å². The Morgan fingerprint density at radius 3 is 2.68 bits per heavy atom. The van der Waals surface area contributed by atoms with Crippen molar-refractivity contribution >= 4 is 34.6 Å². The summed E-state index contributed by atoms with van der Waals surface area (Å²) in [5.74, 6) is -0.100. The van der Waals surface area contributed by atoms with Crippen LogP contribution in [0.25, 0.3) is 6.08 Å². The fraction of sp³-hybridized carbons (Fsp3) is 0.176. The molecule has 1 fully saturated rings. The van der Waals surface area contributed by atoms with Crippen LogP contribution in [0, 0.1) is 0 Å². The monoisotopic (exact) mass is 311 g/mol. The Morgan fingerprint density at radius 2 is 2.00 bits per heavy atom. The molecule has 2 aromatic rings. The maximum absolute atomic E-state index is 12.0. The van der Waals surface area contributed by atoms with Gasteiger partial charge in [0.1, 0.15) is 0 Å². The molecule has 0 aliphatic carbocycles. The number of para-hydroxylation sites is 1. The third-order valence-electron chi connectivity index (χ3n) is 3.27. The zero-order valence-corrected chi connectivity index (χ0v) is 13.3. The highest BCUT2D eigenvalue weighted by Gasteiger charge is 2.23. The lowest BCUT2D eigenvalue weighted by Crippen LogP contribution is -2.19. The van der Waals surface area contributed by atoms with E-state index in [1.807, 2.05) is 54.9 Å². The maximum Gasteiger partial charge on any atom is 0.264 e. The molecule has 0 spiro atoms. The van der Waals surface area contributed by atoms with Crippen molar-refractivity contribution < 1.29 is 4.79 Å². The van der Waals surface area contributed by atoms with Gasteiger partial charge in [0.25, 0.3) is 5.91 Å². The van der Waals surface area contributed by atoms with E-state index in [0.717, 1.165) is 11.3 Å². The van der Waals surface area contributed by atoms with E-state index in [-0.39, 0.29) is 5.91 Å². The number of aromatic nitrogens is 1. The molecule has 22 heavy (non-hydrogen) atoms. The number of hydrogen-bond donors (Lipinski definition) is 1. The number of amidine groups is 1. The molecule has 3 rings (SSSR count). The molecular formula is C17H17N3OS. The predicted octanol–water partition coefficient (Wildman–Crippen LogP) is 3.96. The molecule has 0 unspecified atom stereocenters. The van der Waals surface area contributed by atoms with Gasteiger partial charge in [-0.25, -0.2) is 4.99 Å². The number of benzene rings is 1. The number of hydrogen-bond acceptors (Lipinski definition) is 3. The maximum atomic E-state index is 12.0. The molecule has 0 atom stereocenters. The number of nitrogens with zero attached hydrogens (tertiary/aromatic N) is 2. The molecule has 0 radical (unpaired) electrons. The number of carbonyl (C=O) groups excluding carboxylic acids is 1. The molecule has 1 aromatic heterocycles. The zero-order valence-electron chi connectivity index (χ0n) is 12.5. The molecular weight excluding hydrogens is 294 g/mol. The molecule has 1 aliphatic heterocycles. The highest BCUT2D eigenvalue weighted by Crippen LogP contribution is 2.28. The fourth-order valence-corrected chi connectivity index (χ4v) is 2.93. The second kappa shape index (κ2) is 6.23. The minimum atomic E-state index is -0.100. The van der Waals surface area contributed by atoms with Crippen LogP contribution in [0.5, 0.6) is 0 Å². The first kappa shape index (κ1) is 14.7. The summed E-state index contributed by atoms with van der Waals surface area (Å²) in [6, 6.07) is 12.0. The lowest BCUT2D eigenvalue weighted by Gasteiger charge is -2.04. The van der Waals surface area contributed by atoms with Gasteiger partial charge in [-0.2, -0.15) is 0 Å². The van der Waals surface area contributed by atoms with Crippen molar-refractivity contribution in [1.29, 1.82) is 0 Å². The molecule has 0 saturated carbocycles. The SMILES string of the molecule is CC(C)n1ccc(/C=C2/SC(=Nc3ccccc3)NC2=O)c1. The van der Waals surface area contributed by atoms with Crippen molar-refractivity contribution in [3.05, 3.63) is 59.3 Å². The molecule has 1 aromatic carbocycles. The number of amides is 1. The first-order valence-corrected chi connectivity index (χ1v) is 7.95. The van der Waals surface area contributed by atoms with E-state index in [4.69, 9.17) is 0 Å². The highest BCUT2D eigenvalue weighted by molar-refractivity contribution is 8.18. The molecule has 0 bridgehead atoms. The van der Waals surface area contributed by atoms with E-state index in [9.17, 15) is 4.79 Å². The van der Waals surface area contributed by atoms with E-state index in [1.54, 1.807) is 0 Å². The number of thioether (sulfide) groups is 1. The van der Waals surface area contributed by atoms with Gasteiger partial charge in [0.2, 0.25) is 0 Å². The Hall–Kier alpha value is -2.27. The summed E-state index contributed by atoms with van der Waals surface area (Å²) < 4.78 is 2.11. The summed E-state index contributed by atoms with van der Waals surface area (Å²) in [4.78, 5) is 17.1. The zero-order chi connectivity index (χ0) is 15.5. The van der Waals surface area contributed by atoms with Crippen molar-refractivity contribution in [2.75, 3.05) is 0 Å².